The van der Waals surface area contributed by atoms with Gasteiger partial charge in [-0.05, 0) is 32.3 Å². The molecule has 1 N–H and O–H groups in total. The van der Waals surface area contributed by atoms with Crippen LogP contribution in [0.5, 0.6) is 0 Å². The van der Waals surface area contributed by atoms with Crippen molar-refractivity contribution in [2.75, 3.05) is 30.3 Å². The number of hydrogen-bond donors (Lipinski definition) is 1. The molecule has 2 fully saturated rings. The van der Waals surface area contributed by atoms with Crippen LogP contribution in [0.2, 0.25) is 0 Å². The van der Waals surface area contributed by atoms with Crippen LogP contribution in [0, 0.1) is 6.92 Å². The Bertz CT molecular complexity index is 805. The molecule has 1 aromatic rings. The lowest BCUT2D eigenvalue weighted by Gasteiger charge is -2.24. The van der Waals surface area contributed by atoms with E-state index in [-0.39, 0.29) is 30.7 Å². The second-order valence-electron chi connectivity index (χ2n) is 6.93. The van der Waals surface area contributed by atoms with Crippen LogP contribution in [0.1, 0.15) is 43.5 Å². The van der Waals surface area contributed by atoms with E-state index in [0.717, 1.165) is 36.5 Å². The number of sulfonamides is 1. The molecule has 0 atom stereocenters. The number of carbonyl (C=O) groups excluding carboxylic acids is 2. The third kappa shape index (κ3) is 5.23. The molecular weight excluding hydrogens is 370 g/mol. The molecule has 2 aliphatic rings. The number of imide groups is 1. The molecule has 0 saturated carbocycles. The van der Waals surface area contributed by atoms with Crippen LogP contribution >= 0.6 is 0 Å². The third-order valence-corrected chi connectivity index (χ3v) is 6.03. The number of amides is 2. The van der Waals surface area contributed by atoms with Crippen LogP contribution in [0.25, 0.3) is 0 Å². The van der Waals surface area contributed by atoms with Gasteiger partial charge in [-0.25, -0.2) is 23.1 Å². The predicted octanol–water partition coefficient (Wildman–Crippen LogP) is 0.344. The first-order valence-electron chi connectivity index (χ1n) is 9.24. The minimum absolute atomic E-state index is 0.0500. The fourth-order valence-electron chi connectivity index (χ4n) is 3.28. The summed E-state index contributed by atoms with van der Waals surface area (Å²) < 4.78 is 27.0. The molecule has 9 nitrogen and oxygen atoms in total. The monoisotopic (exact) mass is 395 g/mol. The second kappa shape index (κ2) is 8.30. The lowest BCUT2D eigenvalue weighted by atomic mass is 10.1. The van der Waals surface area contributed by atoms with Gasteiger partial charge in [-0.3, -0.25) is 14.5 Å². The Hall–Kier alpha value is -2.07. The molecule has 2 saturated heterocycles. The van der Waals surface area contributed by atoms with E-state index in [0.29, 0.717) is 30.9 Å². The van der Waals surface area contributed by atoms with Gasteiger partial charge in [0.25, 0.3) is 0 Å². The number of carbonyl (C=O) groups is 2. The summed E-state index contributed by atoms with van der Waals surface area (Å²) in [5, 5.41) is 0. The van der Waals surface area contributed by atoms with Crippen LogP contribution in [0.3, 0.4) is 0 Å². The van der Waals surface area contributed by atoms with Crippen LogP contribution in [0.15, 0.2) is 6.07 Å². The predicted molar refractivity (Wildman–Crippen MR) is 99.4 cm³/mol. The smallest absolute Gasteiger partial charge is 0.229 e. The number of likely N-dealkylation sites (tertiary alicyclic amines) is 1. The number of rotatable bonds is 7. The Morgan fingerprint density at radius 2 is 1.74 bits per heavy atom. The van der Waals surface area contributed by atoms with Crippen LogP contribution in [-0.2, 0) is 26.2 Å². The third-order valence-electron chi connectivity index (χ3n) is 4.72. The number of aryl methyl sites for hydroxylation is 1. The zero-order chi connectivity index (χ0) is 19.4. The number of anilines is 1. The molecule has 2 amide bonds. The van der Waals surface area contributed by atoms with Crippen molar-refractivity contribution in [3.63, 3.8) is 0 Å². The first-order valence-corrected chi connectivity index (χ1v) is 10.9. The average Bonchev–Trinajstić information content (AvgIpc) is 3.14. The number of hydrogen-bond acceptors (Lipinski definition) is 7. The minimum Gasteiger partial charge on any atom is -0.341 e. The number of piperidine rings is 1. The zero-order valence-electron chi connectivity index (χ0n) is 15.5. The largest absolute Gasteiger partial charge is 0.341 e. The quantitative estimate of drug-likeness (QED) is 0.663. The summed E-state index contributed by atoms with van der Waals surface area (Å²) >= 11 is 0. The van der Waals surface area contributed by atoms with Gasteiger partial charge in [-0.2, -0.15) is 0 Å². The van der Waals surface area contributed by atoms with Crippen molar-refractivity contribution in [1.82, 2.24) is 19.6 Å². The van der Waals surface area contributed by atoms with Gasteiger partial charge in [0.2, 0.25) is 27.8 Å². The van der Waals surface area contributed by atoms with Crippen LogP contribution in [-0.4, -0.2) is 60.5 Å². The van der Waals surface area contributed by atoms with E-state index in [1.807, 2.05) is 6.92 Å². The van der Waals surface area contributed by atoms with Crippen molar-refractivity contribution in [3.8, 4) is 0 Å². The van der Waals surface area contributed by atoms with Crippen molar-refractivity contribution < 1.29 is 18.0 Å². The second-order valence-corrected chi connectivity index (χ2v) is 8.85. The van der Waals surface area contributed by atoms with Crippen molar-refractivity contribution in [2.24, 2.45) is 0 Å². The zero-order valence-corrected chi connectivity index (χ0v) is 16.3. The highest BCUT2D eigenvalue weighted by Crippen LogP contribution is 2.17. The van der Waals surface area contributed by atoms with E-state index in [4.69, 9.17) is 0 Å². The van der Waals surface area contributed by atoms with Crippen molar-refractivity contribution in [2.45, 2.75) is 45.6 Å². The molecule has 2 aliphatic heterocycles. The molecule has 10 heteroatoms. The fraction of sp³-hybridized carbons (Fsp3) is 0.647. The van der Waals surface area contributed by atoms with Gasteiger partial charge < -0.3 is 4.90 Å². The number of nitrogens with one attached hydrogen (secondary N) is 1. The van der Waals surface area contributed by atoms with E-state index in [9.17, 15) is 18.0 Å². The molecule has 0 aliphatic carbocycles. The normalized spacial score (nSPS) is 18.4. The van der Waals surface area contributed by atoms with Gasteiger partial charge >= 0.3 is 0 Å². The number of aromatic nitrogens is 2. The van der Waals surface area contributed by atoms with Crippen LogP contribution in [0.4, 0.5) is 5.95 Å². The lowest BCUT2D eigenvalue weighted by molar-refractivity contribution is -0.147. The molecule has 0 spiro atoms. The summed E-state index contributed by atoms with van der Waals surface area (Å²) in [4.78, 5) is 35.6. The topological polar surface area (TPSA) is 113 Å². The molecule has 0 bridgehead atoms. The average molecular weight is 395 g/mol. The molecule has 0 aromatic carbocycles. The first-order chi connectivity index (χ1) is 12.8. The van der Waals surface area contributed by atoms with Crippen molar-refractivity contribution in [3.05, 3.63) is 17.5 Å². The highest BCUT2D eigenvalue weighted by atomic mass is 32.2. The Balaban J connectivity index is 1.58. The molecule has 3 rings (SSSR count). The molecule has 148 valence electrons. The molecule has 0 unspecified atom stereocenters. The van der Waals surface area contributed by atoms with Gasteiger partial charge in [0.1, 0.15) is 0 Å². The molecule has 1 aromatic heterocycles. The summed E-state index contributed by atoms with van der Waals surface area (Å²) in [6.07, 6.45) is 3.32. The van der Waals surface area contributed by atoms with Gasteiger partial charge in [0.15, 0.2) is 0 Å². The summed E-state index contributed by atoms with van der Waals surface area (Å²) in [5.74, 6) is -0.287. The number of nitrogens with zero attached hydrogens (tertiary/aromatic N) is 4. The minimum atomic E-state index is -3.64. The highest BCUT2D eigenvalue weighted by molar-refractivity contribution is 7.89. The Labute approximate surface area is 159 Å². The van der Waals surface area contributed by atoms with Gasteiger partial charge in [-0.1, -0.05) is 0 Å². The van der Waals surface area contributed by atoms with E-state index in [2.05, 4.69) is 19.6 Å². The summed E-state index contributed by atoms with van der Waals surface area (Å²) in [7, 11) is -3.64. The van der Waals surface area contributed by atoms with Gasteiger partial charge in [-0.15, -0.1) is 0 Å². The summed E-state index contributed by atoms with van der Waals surface area (Å²) in [5.41, 5.74) is 1.38. The Kier molecular flexibility index (Phi) is 6.05. The van der Waals surface area contributed by atoms with Crippen molar-refractivity contribution >= 4 is 27.8 Å². The van der Waals surface area contributed by atoms with Gasteiger partial charge in [0.05, 0.1) is 18.0 Å². The molecule has 3 heterocycles. The molecular formula is C17H25N5O4S. The van der Waals surface area contributed by atoms with E-state index in [1.54, 1.807) is 6.07 Å². The lowest BCUT2D eigenvalue weighted by Crippen LogP contribution is -2.44. The molecule has 27 heavy (non-hydrogen) atoms. The van der Waals surface area contributed by atoms with Crippen molar-refractivity contribution in [1.29, 1.82) is 0 Å². The van der Waals surface area contributed by atoms with Gasteiger partial charge in [0, 0.05) is 38.2 Å². The molecule has 0 radical (unpaired) electrons. The standard InChI is InChI=1S/C17H25N5O4S/c1-13-11-14(20-17(19-13)21-7-2-3-8-21)12-18-27(25,26)10-9-22-15(23)5-4-6-16(22)24/h11,18H,2-10,12H2,1H3. The highest BCUT2D eigenvalue weighted by Gasteiger charge is 2.27. The summed E-state index contributed by atoms with van der Waals surface area (Å²) in [6.45, 7) is 3.61. The maximum absolute atomic E-state index is 12.3. The fourth-order valence-corrected chi connectivity index (χ4v) is 4.22. The first kappa shape index (κ1) is 19.7. The van der Waals surface area contributed by atoms with E-state index < -0.39 is 10.0 Å². The summed E-state index contributed by atoms with van der Waals surface area (Å²) in [6, 6.07) is 1.75. The SMILES string of the molecule is Cc1cc(CNS(=O)(=O)CCN2C(=O)CCCC2=O)nc(N2CCCC2)n1. The van der Waals surface area contributed by atoms with E-state index >= 15 is 0 Å². The maximum atomic E-state index is 12.3. The van der Waals surface area contributed by atoms with Crippen LogP contribution < -0.4 is 9.62 Å². The Morgan fingerprint density at radius 1 is 1.07 bits per heavy atom. The Morgan fingerprint density at radius 3 is 2.41 bits per heavy atom. The maximum Gasteiger partial charge on any atom is 0.229 e. The van der Waals surface area contributed by atoms with E-state index in [1.165, 1.54) is 0 Å².